The topological polar surface area (TPSA) is 120 Å². The van der Waals surface area contributed by atoms with Crippen molar-refractivity contribution >= 4 is 23.4 Å². The molecule has 0 fully saturated rings. The first-order valence-electron chi connectivity index (χ1n) is 8.82. The first kappa shape index (κ1) is 19.9. The van der Waals surface area contributed by atoms with E-state index in [9.17, 15) is 19.7 Å². The van der Waals surface area contributed by atoms with Crippen molar-refractivity contribution in [2.75, 3.05) is 13.7 Å². The Labute approximate surface area is 166 Å². The van der Waals surface area contributed by atoms with E-state index in [2.05, 4.69) is 10.6 Å². The molecule has 2 N–H and O–H groups in total. The summed E-state index contributed by atoms with van der Waals surface area (Å²) in [5, 5.41) is 16.5. The number of carbonyl (C=O) groups is 2. The van der Waals surface area contributed by atoms with Gasteiger partial charge in [-0.2, -0.15) is 0 Å². The van der Waals surface area contributed by atoms with Crippen molar-refractivity contribution in [1.29, 1.82) is 0 Å². The Morgan fingerprint density at radius 2 is 1.93 bits per heavy atom. The lowest BCUT2D eigenvalue weighted by atomic mass is 9.92. The molecule has 1 aliphatic heterocycles. The molecule has 3 rings (SSSR count). The monoisotopic (exact) mass is 397 g/mol. The van der Waals surface area contributed by atoms with Crippen LogP contribution in [0.2, 0.25) is 0 Å². The SMILES string of the molecule is CCOC(=O)C1=C(c2ccc(OC)cc2)NC(=O)N[C@@H]1c1cccc([N+](=O)[O-])c1. The Morgan fingerprint density at radius 3 is 2.55 bits per heavy atom. The van der Waals surface area contributed by atoms with Crippen LogP contribution in [0.25, 0.3) is 5.70 Å². The second kappa shape index (κ2) is 8.42. The standard InChI is InChI=1S/C20H19N3O6/c1-3-29-19(24)16-17(12-7-9-15(28-2)10-8-12)21-20(25)22-18(16)13-5-4-6-14(11-13)23(26)27/h4-11,18H,3H2,1-2H3,(H2,21,22,25)/t18-/m1/s1. The summed E-state index contributed by atoms with van der Waals surface area (Å²) in [5.41, 5.74) is 1.23. The van der Waals surface area contributed by atoms with Gasteiger partial charge in [-0.15, -0.1) is 0 Å². The molecule has 9 nitrogen and oxygen atoms in total. The Hall–Kier alpha value is -3.88. The molecular weight excluding hydrogens is 378 g/mol. The van der Waals surface area contributed by atoms with Gasteiger partial charge in [0.2, 0.25) is 0 Å². The van der Waals surface area contributed by atoms with Crippen molar-refractivity contribution < 1.29 is 24.0 Å². The van der Waals surface area contributed by atoms with Crippen LogP contribution >= 0.6 is 0 Å². The van der Waals surface area contributed by atoms with Crippen molar-refractivity contribution in [3.63, 3.8) is 0 Å². The molecule has 9 heteroatoms. The molecule has 1 atom stereocenters. The molecule has 150 valence electrons. The second-order valence-corrected chi connectivity index (χ2v) is 6.12. The second-order valence-electron chi connectivity index (χ2n) is 6.12. The van der Waals surface area contributed by atoms with Gasteiger partial charge in [-0.1, -0.05) is 12.1 Å². The molecule has 0 spiro atoms. The van der Waals surface area contributed by atoms with Gasteiger partial charge in [0.25, 0.3) is 5.69 Å². The largest absolute Gasteiger partial charge is 0.497 e. The number of urea groups is 1. The Bertz CT molecular complexity index is 984. The molecule has 0 aromatic heterocycles. The van der Waals surface area contributed by atoms with Crippen LogP contribution in [0.4, 0.5) is 10.5 Å². The van der Waals surface area contributed by atoms with Crippen LogP contribution < -0.4 is 15.4 Å². The van der Waals surface area contributed by atoms with E-state index in [1.54, 1.807) is 37.3 Å². The summed E-state index contributed by atoms with van der Waals surface area (Å²) in [5.74, 6) is -0.0233. The highest BCUT2D eigenvalue weighted by Crippen LogP contribution is 2.33. The summed E-state index contributed by atoms with van der Waals surface area (Å²) in [7, 11) is 1.53. The number of hydrogen-bond donors (Lipinski definition) is 2. The van der Waals surface area contributed by atoms with E-state index in [-0.39, 0.29) is 23.6 Å². The van der Waals surface area contributed by atoms with E-state index in [1.165, 1.54) is 25.3 Å². The van der Waals surface area contributed by atoms with E-state index >= 15 is 0 Å². The summed E-state index contributed by atoms with van der Waals surface area (Å²) in [4.78, 5) is 35.7. The lowest BCUT2D eigenvalue weighted by molar-refractivity contribution is -0.384. The number of nitro groups is 1. The Morgan fingerprint density at radius 1 is 1.21 bits per heavy atom. The molecule has 0 radical (unpaired) electrons. The quantitative estimate of drug-likeness (QED) is 0.439. The van der Waals surface area contributed by atoms with E-state index in [0.717, 1.165) is 0 Å². The van der Waals surface area contributed by atoms with Crippen LogP contribution in [0.1, 0.15) is 24.1 Å². The first-order valence-corrected chi connectivity index (χ1v) is 8.82. The molecule has 29 heavy (non-hydrogen) atoms. The first-order chi connectivity index (χ1) is 13.9. The highest BCUT2D eigenvalue weighted by molar-refractivity contribution is 6.04. The molecule has 0 unspecified atom stereocenters. The summed E-state index contributed by atoms with van der Waals surface area (Å²) in [6.45, 7) is 1.80. The van der Waals surface area contributed by atoms with Crippen LogP contribution in [0.3, 0.4) is 0 Å². The number of methoxy groups -OCH3 is 1. The number of nitro benzene ring substituents is 1. The number of carbonyl (C=O) groups excluding carboxylic acids is 2. The number of rotatable bonds is 6. The maximum absolute atomic E-state index is 12.8. The van der Waals surface area contributed by atoms with Crippen LogP contribution in [0.15, 0.2) is 54.1 Å². The van der Waals surface area contributed by atoms with E-state index < -0.39 is 23.0 Å². The van der Waals surface area contributed by atoms with Gasteiger partial charge >= 0.3 is 12.0 Å². The van der Waals surface area contributed by atoms with Crippen molar-refractivity contribution in [3.05, 3.63) is 75.3 Å². The zero-order valence-corrected chi connectivity index (χ0v) is 15.8. The smallest absolute Gasteiger partial charge is 0.338 e. The number of nitrogens with zero attached hydrogens (tertiary/aromatic N) is 1. The number of hydrogen-bond acceptors (Lipinski definition) is 6. The predicted octanol–water partition coefficient (Wildman–Crippen LogP) is 2.93. The van der Waals surface area contributed by atoms with Gasteiger partial charge in [0.05, 0.1) is 36.0 Å². The summed E-state index contributed by atoms with van der Waals surface area (Å²) in [6.07, 6.45) is 0. The Balaban J connectivity index is 2.17. The van der Waals surface area contributed by atoms with Crippen LogP contribution in [0.5, 0.6) is 5.75 Å². The van der Waals surface area contributed by atoms with Crippen molar-refractivity contribution in [3.8, 4) is 5.75 Å². The molecule has 0 bridgehead atoms. The average Bonchev–Trinajstić information content (AvgIpc) is 2.73. The summed E-state index contributed by atoms with van der Waals surface area (Å²) >= 11 is 0. The summed E-state index contributed by atoms with van der Waals surface area (Å²) in [6, 6.07) is 11.1. The fraction of sp³-hybridized carbons (Fsp3) is 0.200. The number of nitrogens with one attached hydrogen (secondary N) is 2. The number of ether oxygens (including phenoxy) is 2. The highest BCUT2D eigenvalue weighted by atomic mass is 16.6. The van der Waals surface area contributed by atoms with E-state index in [1.807, 2.05) is 0 Å². The minimum Gasteiger partial charge on any atom is -0.497 e. The molecule has 1 heterocycles. The summed E-state index contributed by atoms with van der Waals surface area (Å²) < 4.78 is 10.3. The minimum atomic E-state index is -0.917. The number of benzene rings is 2. The molecule has 2 aromatic carbocycles. The van der Waals surface area contributed by atoms with Gasteiger partial charge < -0.3 is 20.1 Å². The molecule has 1 aliphatic rings. The molecule has 2 amide bonds. The number of esters is 1. The normalized spacial score (nSPS) is 15.9. The van der Waals surface area contributed by atoms with Gasteiger partial charge in [-0.25, -0.2) is 9.59 Å². The van der Waals surface area contributed by atoms with Gasteiger partial charge in [0, 0.05) is 12.1 Å². The van der Waals surface area contributed by atoms with Crippen LogP contribution in [-0.4, -0.2) is 30.6 Å². The van der Waals surface area contributed by atoms with Gasteiger partial charge in [-0.05, 0) is 42.3 Å². The zero-order valence-electron chi connectivity index (χ0n) is 15.8. The van der Waals surface area contributed by atoms with Crippen LogP contribution in [0, 0.1) is 10.1 Å². The molecule has 0 saturated heterocycles. The van der Waals surface area contributed by atoms with E-state index in [4.69, 9.17) is 9.47 Å². The van der Waals surface area contributed by atoms with Crippen molar-refractivity contribution in [1.82, 2.24) is 10.6 Å². The van der Waals surface area contributed by atoms with E-state index in [0.29, 0.717) is 16.9 Å². The fourth-order valence-corrected chi connectivity index (χ4v) is 3.05. The number of amides is 2. The predicted molar refractivity (Wildman–Crippen MR) is 104 cm³/mol. The zero-order chi connectivity index (χ0) is 21.0. The third-order valence-corrected chi connectivity index (χ3v) is 4.36. The maximum atomic E-state index is 12.8. The maximum Gasteiger partial charge on any atom is 0.338 e. The van der Waals surface area contributed by atoms with Gasteiger partial charge in [-0.3, -0.25) is 10.1 Å². The third kappa shape index (κ3) is 4.18. The molecule has 0 aliphatic carbocycles. The van der Waals surface area contributed by atoms with Gasteiger partial charge in [0.1, 0.15) is 5.75 Å². The fourth-order valence-electron chi connectivity index (χ4n) is 3.05. The number of non-ortho nitro benzene ring substituents is 1. The average molecular weight is 397 g/mol. The highest BCUT2D eigenvalue weighted by Gasteiger charge is 2.35. The molecule has 0 saturated carbocycles. The van der Waals surface area contributed by atoms with Crippen molar-refractivity contribution in [2.24, 2.45) is 0 Å². The lowest BCUT2D eigenvalue weighted by Gasteiger charge is -2.29. The van der Waals surface area contributed by atoms with Crippen molar-refractivity contribution in [2.45, 2.75) is 13.0 Å². The minimum absolute atomic E-state index is 0.133. The van der Waals surface area contributed by atoms with Gasteiger partial charge in [0.15, 0.2) is 0 Å². The lowest BCUT2D eigenvalue weighted by Crippen LogP contribution is -2.45. The molecule has 2 aromatic rings. The third-order valence-electron chi connectivity index (χ3n) is 4.36. The Kier molecular flexibility index (Phi) is 5.77. The molecular formula is C20H19N3O6. The van der Waals surface area contributed by atoms with Crippen LogP contribution in [-0.2, 0) is 9.53 Å².